The monoisotopic (exact) mass is 362 g/mol. The molecule has 1 saturated heterocycles. The number of hydrogen-bond acceptors (Lipinski definition) is 4. The number of fused-ring (bicyclic) bond motifs is 1. The summed E-state index contributed by atoms with van der Waals surface area (Å²) in [6.45, 7) is 5.15. The summed E-state index contributed by atoms with van der Waals surface area (Å²) < 4.78 is 1.89. The Balaban J connectivity index is 1.55. The van der Waals surface area contributed by atoms with E-state index in [1.54, 1.807) is 28.8 Å². The molecule has 0 spiro atoms. The van der Waals surface area contributed by atoms with Crippen LogP contribution in [0.5, 0.6) is 0 Å². The molecule has 1 aromatic rings. The van der Waals surface area contributed by atoms with Gasteiger partial charge in [0.25, 0.3) is 0 Å². The van der Waals surface area contributed by atoms with Crippen LogP contribution in [0.4, 0.5) is 4.79 Å². The maximum Gasteiger partial charge on any atom is 0.319 e. The van der Waals surface area contributed by atoms with Crippen molar-refractivity contribution in [2.24, 2.45) is 5.92 Å². The highest BCUT2D eigenvalue weighted by Crippen LogP contribution is 2.18. The van der Waals surface area contributed by atoms with Crippen molar-refractivity contribution in [3.05, 3.63) is 17.5 Å². The van der Waals surface area contributed by atoms with Crippen LogP contribution in [0.2, 0.25) is 0 Å². The number of nitrogens with zero attached hydrogens (tertiary/aromatic N) is 5. The number of aromatic nitrogens is 2. The van der Waals surface area contributed by atoms with Crippen LogP contribution in [-0.2, 0) is 29.2 Å². The number of carbonyl (C=O) groups is 3. The van der Waals surface area contributed by atoms with E-state index in [1.165, 1.54) is 0 Å². The zero-order valence-electron chi connectivity index (χ0n) is 15.6. The molecule has 9 nitrogen and oxygen atoms in total. The smallest absolute Gasteiger partial charge is 0.319 e. The second-order valence-corrected chi connectivity index (χ2v) is 7.00. The largest absolute Gasteiger partial charge is 0.350 e. The molecular weight excluding hydrogens is 336 g/mol. The molecule has 0 aromatic carbocycles. The summed E-state index contributed by atoms with van der Waals surface area (Å²) >= 11 is 0. The number of nitrogens with one attached hydrogen (secondary N) is 1. The first-order valence-corrected chi connectivity index (χ1v) is 8.96. The molecule has 0 radical (unpaired) electrons. The molecule has 26 heavy (non-hydrogen) atoms. The van der Waals surface area contributed by atoms with E-state index < -0.39 is 0 Å². The van der Waals surface area contributed by atoms with E-state index in [0.29, 0.717) is 39.3 Å². The molecule has 4 amide bonds. The van der Waals surface area contributed by atoms with Gasteiger partial charge >= 0.3 is 6.03 Å². The second-order valence-electron chi connectivity index (χ2n) is 7.00. The summed E-state index contributed by atoms with van der Waals surface area (Å²) in [6, 6.07) is 1.91. The molecule has 1 fully saturated rings. The van der Waals surface area contributed by atoms with Crippen molar-refractivity contribution in [2.45, 2.75) is 33.0 Å². The van der Waals surface area contributed by atoms with Crippen LogP contribution >= 0.6 is 0 Å². The molecule has 1 aromatic heterocycles. The van der Waals surface area contributed by atoms with Crippen LogP contribution in [0.3, 0.4) is 0 Å². The van der Waals surface area contributed by atoms with Gasteiger partial charge < -0.3 is 20.0 Å². The summed E-state index contributed by atoms with van der Waals surface area (Å²) in [4.78, 5) is 41.2. The molecule has 2 aliphatic heterocycles. The maximum atomic E-state index is 12.3. The predicted molar refractivity (Wildman–Crippen MR) is 93.9 cm³/mol. The Kier molecular flexibility index (Phi) is 5.15. The molecule has 1 unspecified atom stereocenters. The Bertz CT molecular complexity index is 713. The van der Waals surface area contributed by atoms with E-state index in [4.69, 9.17) is 0 Å². The van der Waals surface area contributed by atoms with Crippen LogP contribution in [0.1, 0.15) is 24.7 Å². The molecule has 3 heterocycles. The minimum atomic E-state index is -0.284. The number of amides is 4. The molecule has 3 rings (SSSR count). The second kappa shape index (κ2) is 7.35. The Morgan fingerprint density at radius 3 is 2.77 bits per heavy atom. The topological polar surface area (TPSA) is 90.8 Å². The number of carbonyl (C=O) groups excluding carboxylic acids is 3. The van der Waals surface area contributed by atoms with Gasteiger partial charge in [0.1, 0.15) is 0 Å². The van der Waals surface area contributed by atoms with E-state index >= 15 is 0 Å². The van der Waals surface area contributed by atoms with E-state index in [0.717, 1.165) is 11.4 Å². The highest BCUT2D eigenvalue weighted by molar-refractivity contribution is 5.89. The van der Waals surface area contributed by atoms with Crippen LogP contribution in [0.15, 0.2) is 6.07 Å². The zero-order chi connectivity index (χ0) is 18.8. The molecule has 0 aliphatic carbocycles. The van der Waals surface area contributed by atoms with Crippen molar-refractivity contribution in [1.29, 1.82) is 0 Å². The van der Waals surface area contributed by atoms with Gasteiger partial charge in [-0.3, -0.25) is 14.3 Å². The van der Waals surface area contributed by atoms with Crippen LogP contribution in [0, 0.1) is 5.92 Å². The van der Waals surface area contributed by atoms with Gasteiger partial charge in [-0.2, -0.15) is 5.10 Å². The van der Waals surface area contributed by atoms with Crippen molar-refractivity contribution >= 4 is 17.8 Å². The summed E-state index contributed by atoms with van der Waals surface area (Å²) in [5, 5.41) is 7.39. The van der Waals surface area contributed by atoms with Gasteiger partial charge in [0, 0.05) is 40.2 Å². The van der Waals surface area contributed by atoms with E-state index in [9.17, 15) is 14.4 Å². The van der Waals surface area contributed by atoms with Gasteiger partial charge in [-0.1, -0.05) is 0 Å². The minimum Gasteiger partial charge on any atom is -0.350 e. The summed E-state index contributed by atoms with van der Waals surface area (Å²) in [7, 11) is 3.48. The van der Waals surface area contributed by atoms with Gasteiger partial charge in [0.05, 0.1) is 36.9 Å². The first kappa shape index (κ1) is 18.2. The fourth-order valence-corrected chi connectivity index (χ4v) is 3.43. The molecular formula is C17H26N6O3. The molecule has 2 aliphatic rings. The zero-order valence-corrected chi connectivity index (χ0v) is 15.6. The minimum absolute atomic E-state index is 0.0151. The Morgan fingerprint density at radius 1 is 1.35 bits per heavy atom. The normalized spacial score (nSPS) is 19.5. The first-order valence-electron chi connectivity index (χ1n) is 8.96. The lowest BCUT2D eigenvalue weighted by Crippen LogP contribution is -2.43. The van der Waals surface area contributed by atoms with Crippen molar-refractivity contribution < 1.29 is 14.4 Å². The van der Waals surface area contributed by atoms with E-state index in [1.807, 2.05) is 17.7 Å². The standard InChI is InChI=1S/C17H26N6O3/c1-4-21-10-12(7-15(21)24)16(25)18-9-13-8-14-11-22(17(26)20(2)3)5-6-23(14)19-13/h8,12H,4-7,9-11H2,1-3H3,(H,18,25). The molecule has 1 N–H and O–H groups in total. The van der Waals surface area contributed by atoms with Crippen LogP contribution < -0.4 is 5.32 Å². The molecule has 1 atom stereocenters. The maximum absolute atomic E-state index is 12.3. The predicted octanol–water partition coefficient (Wildman–Crippen LogP) is -0.135. The number of likely N-dealkylation sites (tertiary alicyclic amines) is 1. The Morgan fingerprint density at radius 2 is 2.12 bits per heavy atom. The fraction of sp³-hybridized carbons (Fsp3) is 0.647. The van der Waals surface area contributed by atoms with Crippen molar-refractivity contribution in [2.75, 3.05) is 33.7 Å². The quantitative estimate of drug-likeness (QED) is 0.807. The molecule has 9 heteroatoms. The van der Waals surface area contributed by atoms with Gasteiger partial charge in [0.15, 0.2) is 0 Å². The third-order valence-corrected chi connectivity index (χ3v) is 4.91. The Labute approximate surface area is 152 Å². The van der Waals surface area contributed by atoms with Gasteiger partial charge in [-0.25, -0.2) is 4.79 Å². The lowest BCUT2D eigenvalue weighted by atomic mass is 10.1. The van der Waals surface area contributed by atoms with Crippen LogP contribution in [0.25, 0.3) is 0 Å². The Hall–Kier alpha value is -2.58. The lowest BCUT2D eigenvalue weighted by molar-refractivity contribution is -0.128. The third-order valence-electron chi connectivity index (χ3n) is 4.91. The van der Waals surface area contributed by atoms with Gasteiger partial charge in [-0.05, 0) is 13.0 Å². The summed E-state index contributed by atoms with van der Waals surface area (Å²) in [5.41, 5.74) is 1.73. The number of hydrogen-bond donors (Lipinski definition) is 1. The molecule has 0 bridgehead atoms. The highest BCUT2D eigenvalue weighted by atomic mass is 16.2. The van der Waals surface area contributed by atoms with Gasteiger partial charge in [0.2, 0.25) is 11.8 Å². The number of urea groups is 1. The molecule has 0 saturated carbocycles. The van der Waals surface area contributed by atoms with Crippen molar-refractivity contribution in [3.8, 4) is 0 Å². The van der Waals surface area contributed by atoms with Crippen LogP contribution in [-0.4, -0.2) is 76.1 Å². The first-order chi connectivity index (χ1) is 12.4. The van der Waals surface area contributed by atoms with E-state index in [2.05, 4.69) is 10.4 Å². The average Bonchev–Trinajstić information content (AvgIpc) is 3.20. The highest BCUT2D eigenvalue weighted by Gasteiger charge is 2.33. The van der Waals surface area contributed by atoms with Gasteiger partial charge in [-0.15, -0.1) is 0 Å². The summed E-state index contributed by atoms with van der Waals surface area (Å²) in [6.07, 6.45) is 0.279. The van der Waals surface area contributed by atoms with E-state index in [-0.39, 0.29) is 30.2 Å². The fourth-order valence-electron chi connectivity index (χ4n) is 3.43. The summed E-state index contributed by atoms with van der Waals surface area (Å²) in [5.74, 6) is -0.353. The average molecular weight is 362 g/mol. The van der Waals surface area contributed by atoms with Crippen molar-refractivity contribution in [3.63, 3.8) is 0 Å². The van der Waals surface area contributed by atoms with Crippen molar-refractivity contribution in [1.82, 2.24) is 29.8 Å². The molecule has 142 valence electrons. The third kappa shape index (κ3) is 3.66. The SMILES string of the molecule is CCN1CC(C(=O)NCc2cc3n(n2)CCN(C(=O)N(C)C)C3)CC1=O. The lowest BCUT2D eigenvalue weighted by Gasteiger charge is -2.29. The number of rotatable bonds is 4.